The molecular formula is C13H16F5N. The van der Waals surface area contributed by atoms with Gasteiger partial charge >= 0.3 is 12.1 Å². The highest BCUT2D eigenvalue weighted by atomic mass is 19.4. The van der Waals surface area contributed by atoms with Gasteiger partial charge in [0.25, 0.3) is 0 Å². The highest BCUT2D eigenvalue weighted by molar-refractivity contribution is 5.30. The van der Waals surface area contributed by atoms with Gasteiger partial charge < -0.3 is 5.73 Å². The molecule has 1 aromatic rings. The van der Waals surface area contributed by atoms with E-state index in [-0.39, 0.29) is 11.0 Å². The molecule has 1 atom stereocenters. The number of nitrogens with two attached hydrogens (primary N) is 1. The number of rotatable bonds is 2. The summed E-state index contributed by atoms with van der Waals surface area (Å²) in [6.45, 7) is 5.73. The Balaban J connectivity index is 3.06. The second-order valence-electron chi connectivity index (χ2n) is 5.47. The number of benzene rings is 1. The number of halogens is 5. The van der Waals surface area contributed by atoms with Gasteiger partial charge in [-0.15, -0.1) is 0 Å². The standard InChI is InChI=1S/C13H16F5N/c1-11(2,3)9-6-4-8(5-7-9)10(19)12(14,15)13(16,17)18/h4-7,10H,19H2,1-3H3/t10-/m0/s1. The van der Waals surface area contributed by atoms with E-state index in [9.17, 15) is 22.0 Å². The minimum Gasteiger partial charge on any atom is -0.319 e. The monoisotopic (exact) mass is 281 g/mol. The molecule has 0 bridgehead atoms. The lowest BCUT2D eigenvalue weighted by atomic mass is 9.86. The van der Waals surface area contributed by atoms with E-state index < -0.39 is 18.1 Å². The zero-order valence-corrected chi connectivity index (χ0v) is 10.9. The van der Waals surface area contributed by atoms with E-state index >= 15 is 0 Å². The van der Waals surface area contributed by atoms with Crippen LogP contribution >= 0.6 is 0 Å². The topological polar surface area (TPSA) is 26.0 Å². The van der Waals surface area contributed by atoms with Crippen LogP contribution in [0.15, 0.2) is 24.3 Å². The third-order valence-electron chi connectivity index (χ3n) is 2.90. The highest BCUT2D eigenvalue weighted by Crippen LogP contribution is 2.43. The summed E-state index contributed by atoms with van der Waals surface area (Å²) in [6.07, 6.45) is -5.66. The smallest absolute Gasteiger partial charge is 0.319 e. The SMILES string of the molecule is CC(C)(C)c1ccc([C@H](N)C(F)(F)C(F)(F)F)cc1. The van der Waals surface area contributed by atoms with Gasteiger partial charge in [0.05, 0.1) is 0 Å². The van der Waals surface area contributed by atoms with Crippen molar-refractivity contribution < 1.29 is 22.0 Å². The average molecular weight is 281 g/mol. The van der Waals surface area contributed by atoms with Gasteiger partial charge in [-0.1, -0.05) is 45.0 Å². The molecule has 1 nitrogen and oxygen atoms in total. The predicted octanol–water partition coefficient (Wildman–Crippen LogP) is 4.18. The van der Waals surface area contributed by atoms with E-state index in [1.807, 2.05) is 20.8 Å². The van der Waals surface area contributed by atoms with Crippen LogP contribution in [0.5, 0.6) is 0 Å². The third kappa shape index (κ3) is 3.23. The molecule has 0 amide bonds. The summed E-state index contributed by atoms with van der Waals surface area (Å²) in [7, 11) is 0. The molecule has 1 rings (SSSR count). The van der Waals surface area contributed by atoms with Crippen LogP contribution in [-0.4, -0.2) is 12.1 Å². The van der Waals surface area contributed by atoms with Gasteiger partial charge in [0.1, 0.15) is 6.04 Å². The van der Waals surface area contributed by atoms with Crippen molar-refractivity contribution in [2.45, 2.75) is 44.3 Å². The van der Waals surface area contributed by atoms with Gasteiger partial charge in [-0.05, 0) is 16.5 Å². The second-order valence-corrected chi connectivity index (χ2v) is 5.47. The van der Waals surface area contributed by atoms with Crippen LogP contribution in [0.4, 0.5) is 22.0 Å². The first kappa shape index (κ1) is 15.9. The van der Waals surface area contributed by atoms with Crippen molar-refractivity contribution in [3.8, 4) is 0 Å². The third-order valence-corrected chi connectivity index (χ3v) is 2.90. The van der Waals surface area contributed by atoms with Crippen LogP contribution in [0.25, 0.3) is 0 Å². The zero-order chi connectivity index (χ0) is 15.1. The van der Waals surface area contributed by atoms with Crippen molar-refractivity contribution in [1.82, 2.24) is 0 Å². The van der Waals surface area contributed by atoms with Gasteiger partial charge in [0.2, 0.25) is 0 Å². The molecule has 0 aromatic heterocycles. The quantitative estimate of drug-likeness (QED) is 0.808. The summed E-state index contributed by atoms with van der Waals surface area (Å²) in [5, 5.41) is 0. The molecule has 2 N–H and O–H groups in total. The van der Waals surface area contributed by atoms with E-state index in [1.54, 1.807) is 0 Å². The molecule has 0 saturated heterocycles. The molecule has 0 radical (unpaired) electrons. The van der Waals surface area contributed by atoms with E-state index in [1.165, 1.54) is 24.3 Å². The van der Waals surface area contributed by atoms with E-state index in [4.69, 9.17) is 5.73 Å². The Hall–Kier alpha value is -1.17. The van der Waals surface area contributed by atoms with E-state index in [0.29, 0.717) is 0 Å². The van der Waals surface area contributed by atoms with Crippen molar-refractivity contribution >= 4 is 0 Å². The molecular weight excluding hydrogens is 265 g/mol. The zero-order valence-electron chi connectivity index (χ0n) is 10.9. The Bertz CT molecular complexity index is 428. The molecule has 0 fully saturated rings. The largest absolute Gasteiger partial charge is 0.455 e. The molecule has 0 aliphatic heterocycles. The lowest BCUT2D eigenvalue weighted by molar-refractivity contribution is -0.291. The lowest BCUT2D eigenvalue weighted by Gasteiger charge is -2.26. The number of alkyl halides is 5. The van der Waals surface area contributed by atoms with Crippen LogP contribution in [0.1, 0.15) is 37.9 Å². The average Bonchev–Trinajstić information content (AvgIpc) is 2.25. The van der Waals surface area contributed by atoms with Crippen LogP contribution in [-0.2, 0) is 5.41 Å². The normalized spacial score (nSPS) is 15.4. The van der Waals surface area contributed by atoms with Crippen LogP contribution in [0, 0.1) is 0 Å². The van der Waals surface area contributed by atoms with Crippen LogP contribution < -0.4 is 5.73 Å². The van der Waals surface area contributed by atoms with Crippen molar-refractivity contribution in [3.63, 3.8) is 0 Å². The van der Waals surface area contributed by atoms with E-state index in [0.717, 1.165) is 5.56 Å². The van der Waals surface area contributed by atoms with Crippen molar-refractivity contribution in [2.24, 2.45) is 5.73 Å². The summed E-state index contributed by atoms with van der Waals surface area (Å²) in [5.41, 5.74) is 5.43. The minimum atomic E-state index is -5.66. The summed E-state index contributed by atoms with van der Waals surface area (Å²) >= 11 is 0. The number of hydrogen-bond acceptors (Lipinski definition) is 1. The molecule has 19 heavy (non-hydrogen) atoms. The maximum Gasteiger partial charge on any atom is 0.455 e. The maximum absolute atomic E-state index is 13.1. The van der Waals surface area contributed by atoms with Gasteiger partial charge in [0.15, 0.2) is 0 Å². The highest BCUT2D eigenvalue weighted by Gasteiger charge is 2.61. The van der Waals surface area contributed by atoms with Gasteiger partial charge in [0, 0.05) is 0 Å². The van der Waals surface area contributed by atoms with Gasteiger partial charge in [-0.3, -0.25) is 0 Å². The van der Waals surface area contributed by atoms with E-state index in [2.05, 4.69) is 0 Å². The fraction of sp³-hybridized carbons (Fsp3) is 0.538. The molecule has 6 heteroatoms. The molecule has 0 spiro atoms. The molecule has 0 saturated carbocycles. The molecule has 0 unspecified atom stereocenters. The molecule has 0 heterocycles. The van der Waals surface area contributed by atoms with Crippen molar-refractivity contribution in [3.05, 3.63) is 35.4 Å². The first-order chi connectivity index (χ1) is 8.37. The molecule has 108 valence electrons. The van der Waals surface area contributed by atoms with Gasteiger partial charge in [-0.2, -0.15) is 22.0 Å². The summed E-state index contributed by atoms with van der Waals surface area (Å²) in [4.78, 5) is 0. The van der Waals surface area contributed by atoms with Crippen molar-refractivity contribution in [1.29, 1.82) is 0 Å². The second kappa shape index (κ2) is 4.74. The lowest BCUT2D eigenvalue weighted by Crippen LogP contribution is -2.45. The molecule has 0 aliphatic carbocycles. The van der Waals surface area contributed by atoms with Crippen molar-refractivity contribution in [2.75, 3.05) is 0 Å². The molecule has 0 aliphatic rings. The van der Waals surface area contributed by atoms with Crippen LogP contribution in [0.3, 0.4) is 0 Å². The minimum absolute atomic E-state index is 0.213. The Kier molecular flexibility index (Phi) is 3.96. The summed E-state index contributed by atoms with van der Waals surface area (Å²) < 4.78 is 62.8. The summed E-state index contributed by atoms with van der Waals surface area (Å²) in [6, 6.07) is 3.06. The maximum atomic E-state index is 13.1. The Labute approximate surface area is 108 Å². The van der Waals surface area contributed by atoms with Gasteiger partial charge in [-0.25, -0.2) is 0 Å². The molecule has 1 aromatic carbocycles. The fourth-order valence-electron chi connectivity index (χ4n) is 1.58. The Morgan fingerprint density at radius 3 is 1.63 bits per heavy atom. The Morgan fingerprint density at radius 1 is 0.895 bits per heavy atom. The predicted molar refractivity (Wildman–Crippen MR) is 63.1 cm³/mol. The Morgan fingerprint density at radius 2 is 1.32 bits per heavy atom. The first-order valence-corrected chi connectivity index (χ1v) is 5.68. The fourth-order valence-corrected chi connectivity index (χ4v) is 1.58. The first-order valence-electron chi connectivity index (χ1n) is 5.68. The number of hydrogen-bond donors (Lipinski definition) is 1. The summed E-state index contributed by atoms with van der Waals surface area (Å²) in [5.74, 6) is -4.95. The van der Waals surface area contributed by atoms with Crippen LogP contribution in [0.2, 0.25) is 0 Å².